The van der Waals surface area contributed by atoms with Crippen LogP contribution in [0, 0.1) is 5.41 Å². The van der Waals surface area contributed by atoms with E-state index in [2.05, 4.69) is 17.6 Å². The van der Waals surface area contributed by atoms with Crippen LogP contribution in [0.25, 0.3) is 0 Å². The molecule has 1 saturated heterocycles. The molecule has 0 spiro atoms. The molecule has 2 N–H and O–H groups in total. The minimum atomic E-state index is -0.180. The average Bonchev–Trinajstić information content (AvgIpc) is 2.80. The zero-order valence-electron chi connectivity index (χ0n) is 13.6. The topological polar surface area (TPSA) is 50.4 Å². The van der Waals surface area contributed by atoms with Gasteiger partial charge in [0.05, 0.1) is 5.41 Å². The molecule has 1 heterocycles. The number of amides is 1. The second-order valence-corrected chi connectivity index (χ2v) is 6.64. The van der Waals surface area contributed by atoms with Crippen molar-refractivity contribution in [1.29, 1.82) is 0 Å². The Labute approximate surface area is 129 Å². The lowest BCUT2D eigenvalue weighted by atomic mass is 9.77. The van der Waals surface area contributed by atoms with E-state index in [0.29, 0.717) is 6.04 Å². The second kappa shape index (κ2) is 8.74. The molecular formula is C17H32N2O2. The Kier molecular flexibility index (Phi) is 6.97. The van der Waals surface area contributed by atoms with Crippen LogP contribution in [-0.4, -0.2) is 38.3 Å². The third kappa shape index (κ3) is 4.96. The van der Waals surface area contributed by atoms with Crippen LogP contribution in [0.4, 0.5) is 0 Å². The zero-order chi connectivity index (χ0) is 15.0. The van der Waals surface area contributed by atoms with Crippen LogP contribution in [0.3, 0.4) is 0 Å². The Hall–Kier alpha value is -0.610. The van der Waals surface area contributed by atoms with Gasteiger partial charge in [0, 0.05) is 32.3 Å². The van der Waals surface area contributed by atoms with Gasteiger partial charge in [-0.05, 0) is 32.1 Å². The first-order valence-electron chi connectivity index (χ1n) is 8.86. The highest BCUT2D eigenvalue weighted by atomic mass is 16.5. The fourth-order valence-electron chi connectivity index (χ4n) is 3.63. The molecule has 0 radical (unpaired) electrons. The van der Waals surface area contributed by atoms with Crippen molar-refractivity contribution in [3.63, 3.8) is 0 Å². The standard InChI is InChI=1S/C17H32N2O2/c1-2-17(9-13-21-14-10-17)16(20)19-12-11-18-15-7-5-3-4-6-8-15/h15,18H,2-14H2,1H3,(H,19,20). The van der Waals surface area contributed by atoms with E-state index in [9.17, 15) is 4.79 Å². The number of ether oxygens (including phenoxy) is 1. The van der Waals surface area contributed by atoms with Gasteiger partial charge < -0.3 is 15.4 Å². The van der Waals surface area contributed by atoms with E-state index >= 15 is 0 Å². The van der Waals surface area contributed by atoms with Gasteiger partial charge in [0.15, 0.2) is 0 Å². The molecule has 2 rings (SSSR count). The predicted octanol–water partition coefficient (Wildman–Crippen LogP) is 2.62. The minimum Gasteiger partial charge on any atom is -0.381 e. The summed E-state index contributed by atoms with van der Waals surface area (Å²) >= 11 is 0. The molecule has 1 saturated carbocycles. The van der Waals surface area contributed by atoms with Gasteiger partial charge in [0.1, 0.15) is 0 Å². The van der Waals surface area contributed by atoms with Crippen molar-refractivity contribution in [2.75, 3.05) is 26.3 Å². The van der Waals surface area contributed by atoms with E-state index in [1.165, 1.54) is 38.5 Å². The van der Waals surface area contributed by atoms with Gasteiger partial charge in [-0.2, -0.15) is 0 Å². The van der Waals surface area contributed by atoms with Crippen LogP contribution in [0.15, 0.2) is 0 Å². The lowest BCUT2D eigenvalue weighted by Crippen LogP contribution is -2.46. The molecule has 0 bridgehead atoms. The van der Waals surface area contributed by atoms with Crippen molar-refractivity contribution in [3.05, 3.63) is 0 Å². The fraction of sp³-hybridized carbons (Fsp3) is 0.941. The minimum absolute atomic E-state index is 0.180. The number of carbonyl (C=O) groups excluding carboxylic acids is 1. The molecule has 4 nitrogen and oxygen atoms in total. The van der Waals surface area contributed by atoms with Crippen molar-refractivity contribution in [1.82, 2.24) is 10.6 Å². The number of hydrogen-bond acceptors (Lipinski definition) is 3. The summed E-state index contributed by atoms with van der Waals surface area (Å²) in [5.41, 5.74) is -0.180. The van der Waals surface area contributed by atoms with E-state index < -0.39 is 0 Å². The number of nitrogens with one attached hydrogen (secondary N) is 2. The third-order valence-electron chi connectivity index (χ3n) is 5.31. The van der Waals surface area contributed by atoms with Crippen molar-refractivity contribution < 1.29 is 9.53 Å². The summed E-state index contributed by atoms with van der Waals surface area (Å²) in [4.78, 5) is 12.5. The van der Waals surface area contributed by atoms with Gasteiger partial charge in [-0.15, -0.1) is 0 Å². The molecule has 122 valence electrons. The van der Waals surface area contributed by atoms with E-state index in [0.717, 1.165) is 45.6 Å². The highest BCUT2D eigenvalue weighted by molar-refractivity contribution is 5.82. The van der Waals surface area contributed by atoms with Gasteiger partial charge in [0.2, 0.25) is 5.91 Å². The van der Waals surface area contributed by atoms with Crippen molar-refractivity contribution in [2.45, 2.75) is 70.8 Å². The van der Waals surface area contributed by atoms with Crippen molar-refractivity contribution in [3.8, 4) is 0 Å². The molecule has 1 aliphatic heterocycles. The number of rotatable bonds is 6. The van der Waals surface area contributed by atoms with Crippen LogP contribution < -0.4 is 10.6 Å². The van der Waals surface area contributed by atoms with Crippen LogP contribution in [0.1, 0.15) is 64.7 Å². The average molecular weight is 296 g/mol. The normalized spacial score (nSPS) is 23.5. The van der Waals surface area contributed by atoms with E-state index in [1.54, 1.807) is 0 Å². The first-order chi connectivity index (χ1) is 10.3. The van der Waals surface area contributed by atoms with E-state index in [-0.39, 0.29) is 11.3 Å². The van der Waals surface area contributed by atoms with Gasteiger partial charge in [-0.3, -0.25) is 4.79 Å². The highest BCUT2D eigenvalue weighted by Gasteiger charge is 2.37. The molecule has 2 fully saturated rings. The molecule has 0 aromatic carbocycles. The third-order valence-corrected chi connectivity index (χ3v) is 5.31. The largest absolute Gasteiger partial charge is 0.381 e. The fourth-order valence-corrected chi connectivity index (χ4v) is 3.63. The van der Waals surface area contributed by atoms with Crippen LogP contribution in [0.2, 0.25) is 0 Å². The second-order valence-electron chi connectivity index (χ2n) is 6.64. The summed E-state index contributed by atoms with van der Waals surface area (Å²) < 4.78 is 5.40. The maximum Gasteiger partial charge on any atom is 0.226 e. The summed E-state index contributed by atoms with van der Waals surface area (Å²) in [6, 6.07) is 0.660. The number of carbonyl (C=O) groups is 1. The first-order valence-corrected chi connectivity index (χ1v) is 8.86. The van der Waals surface area contributed by atoms with Crippen LogP contribution in [0.5, 0.6) is 0 Å². The Morgan fingerprint density at radius 3 is 2.38 bits per heavy atom. The Morgan fingerprint density at radius 2 is 1.76 bits per heavy atom. The zero-order valence-corrected chi connectivity index (χ0v) is 13.6. The molecule has 0 unspecified atom stereocenters. The SMILES string of the molecule is CCC1(C(=O)NCCNC2CCCCCC2)CCOCC1. The molecular weight excluding hydrogens is 264 g/mol. The number of hydrogen-bond donors (Lipinski definition) is 2. The Morgan fingerprint density at radius 1 is 1.10 bits per heavy atom. The van der Waals surface area contributed by atoms with Gasteiger partial charge in [0.25, 0.3) is 0 Å². The quantitative estimate of drug-likeness (QED) is 0.585. The predicted molar refractivity (Wildman–Crippen MR) is 85.3 cm³/mol. The highest BCUT2D eigenvalue weighted by Crippen LogP contribution is 2.34. The maximum atomic E-state index is 12.5. The maximum absolute atomic E-state index is 12.5. The summed E-state index contributed by atoms with van der Waals surface area (Å²) in [6.07, 6.45) is 10.7. The van der Waals surface area contributed by atoms with Crippen molar-refractivity contribution >= 4 is 5.91 Å². The Bertz CT molecular complexity index is 306. The molecule has 0 atom stereocenters. The molecule has 2 aliphatic rings. The van der Waals surface area contributed by atoms with Crippen LogP contribution >= 0.6 is 0 Å². The summed E-state index contributed by atoms with van der Waals surface area (Å²) in [5.74, 6) is 0.232. The Balaban J connectivity index is 1.66. The molecule has 0 aromatic heterocycles. The van der Waals surface area contributed by atoms with E-state index in [4.69, 9.17) is 4.74 Å². The first kappa shape index (κ1) is 16.8. The molecule has 0 aromatic rings. The lowest BCUT2D eigenvalue weighted by molar-refractivity contribution is -0.136. The smallest absolute Gasteiger partial charge is 0.226 e. The summed E-state index contributed by atoms with van der Waals surface area (Å²) in [5, 5.41) is 6.75. The van der Waals surface area contributed by atoms with E-state index in [1.807, 2.05) is 0 Å². The summed E-state index contributed by atoms with van der Waals surface area (Å²) in [6.45, 7) is 5.21. The van der Waals surface area contributed by atoms with Crippen molar-refractivity contribution in [2.24, 2.45) is 5.41 Å². The molecule has 1 aliphatic carbocycles. The lowest BCUT2D eigenvalue weighted by Gasteiger charge is -2.34. The van der Waals surface area contributed by atoms with Gasteiger partial charge >= 0.3 is 0 Å². The monoisotopic (exact) mass is 296 g/mol. The van der Waals surface area contributed by atoms with Gasteiger partial charge in [-0.25, -0.2) is 0 Å². The van der Waals surface area contributed by atoms with Gasteiger partial charge in [-0.1, -0.05) is 32.6 Å². The molecule has 4 heteroatoms. The van der Waals surface area contributed by atoms with Crippen LogP contribution in [-0.2, 0) is 9.53 Å². The molecule has 1 amide bonds. The molecule has 21 heavy (non-hydrogen) atoms. The summed E-state index contributed by atoms with van der Waals surface area (Å²) in [7, 11) is 0.